The zero-order valence-corrected chi connectivity index (χ0v) is 23.0. The van der Waals surface area contributed by atoms with E-state index < -0.39 is 24.1 Å². The first-order valence-corrected chi connectivity index (χ1v) is 13.9. The molecule has 39 heavy (non-hydrogen) atoms. The molecule has 11 heteroatoms. The number of thioether (sulfide) groups is 1. The predicted molar refractivity (Wildman–Crippen MR) is 145 cm³/mol. The first-order valence-electron chi connectivity index (χ1n) is 13.0. The van der Waals surface area contributed by atoms with Crippen LogP contribution in [0.2, 0.25) is 0 Å². The predicted octanol–water partition coefficient (Wildman–Crippen LogP) is 2.41. The number of likely N-dealkylation sites (tertiary alicyclic amines) is 1. The first kappa shape index (κ1) is 28.8. The van der Waals surface area contributed by atoms with Crippen molar-refractivity contribution in [2.24, 2.45) is 11.8 Å². The average molecular weight is 558 g/mol. The summed E-state index contributed by atoms with van der Waals surface area (Å²) in [7, 11) is 0. The summed E-state index contributed by atoms with van der Waals surface area (Å²) in [5, 5.41) is 19.6. The van der Waals surface area contributed by atoms with Crippen LogP contribution >= 0.6 is 11.8 Å². The molecule has 3 aliphatic rings. The Morgan fingerprint density at radius 1 is 1.28 bits per heavy atom. The Morgan fingerprint density at radius 3 is 2.67 bits per heavy atom. The van der Waals surface area contributed by atoms with Gasteiger partial charge >= 0.3 is 12.1 Å². The van der Waals surface area contributed by atoms with Gasteiger partial charge in [0.05, 0.1) is 30.4 Å². The van der Waals surface area contributed by atoms with Crippen molar-refractivity contribution in [2.75, 3.05) is 19.8 Å². The third-order valence-electron chi connectivity index (χ3n) is 7.38. The van der Waals surface area contributed by atoms with Gasteiger partial charge in [-0.25, -0.2) is 9.59 Å². The van der Waals surface area contributed by atoms with Crippen molar-refractivity contribution >= 4 is 29.7 Å². The van der Waals surface area contributed by atoms with E-state index in [1.54, 1.807) is 18.0 Å². The Morgan fingerprint density at radius 2 is 2.00 bits per heavy atom. The number of aromatic nitrogens is 1. The first-order chi connectivity index (χ1) is 18.7. The maximum absolute atomic E-state index is 13.1. The minimum Gasteiger partial charge on any atom is -0.457 e. The Labute approximate surface area is 232 Å². The molecule has 0 aromatic carbocycles. The number of pyridine rings is 1. The van der Waals surface area contributed by atoms with E-state index in [0.717, 1.165) is 10.5 Å². The average Bonchev–Trinajstić information content (AvgIpc) is 3.42. The molecule has 6 atom stereocenters. The Bertz CT molecular complexity index is 1170. The van der Waals surface area contributed by atoms with E-state index in [1.165, 1.54) is 28.8 Å². The van der Waals surface area contributed by atoms with E-state index in [4.69, 9.17) is 9.47 Å². The lowest BCUT2D eigenvalue weighted by Gasteiger charge is -2.46. The molecule has 3 aliphatic heterocycles. The van der Waals surface area contributed by atoms with Gasteiger partial charge in [0.1, 0.15) is 18.9 Å². The normalized spacial score (nSPS) is 26.7. The fourth-order valence-electron chi connectivity index (χ4n) is 5.65. The van der Waals surface area contributed by atoms with E-state index in [0.29, 0.717) is 25.1 Å². The summed E-state index contributed by atoms with van der Waals surface area (Å²) in [5.41, 5.74) is 1.70. The van der Waals surface area contributed by atoms with Crippen molar-refractivity contribution in [3.05, 3.63) is 65.5 Å². The number of hydrogen-bond donors (Lipinski definition) is 2. The molecular formula is C28H35N3O7S. The van der Waals surface area contributed by atoms with Crippen LogP contribution in [0.1, 0.15) is 31.5 Å². The molecule has 0 aliphatic carbocycles. The number of aliphatic hydroxyl groups is 2. The van der Waals surface area contributed by atoms with Crippen LogP contribution in [0.15, 0.2) is 54.2 Å². The number of aliphatic hydroxyl groups excluding tert-OH is 2. The maximum Gasteiger partial charge on any atom is 0.410 e. The highest BCUT2D eigenvalue weighted by Gasteiger charge is 2.60. The maximum atomic E-state index is 13.1. The molecule has 1 aromatic heterocycles. The molecule has 0 unspecified atom stereocenters. The van der Waals surface area contributed by atoms with Gasteiger partial charge in [0, 0.05) is 34.9 Å². The number of amides is 2. The minimum atomic E-state index is -0.842. The summed E-state index contributed by atoms with van der Waals surface area (Å²) in [5.74, 6) is -1.67. The highest BCUT2D eigenvalue weighted by molar-refractivity contribution is 8.03. The molecule has 4 rings (SSSR count). The summed E-state index contributed by atoms with van der Waals surface area (Å²) in [6, 6.07) is 3.15. The number of β-lactam (4-membered cyclic amide) rings is 1. The van der Waals surface area contributed by atoms with Gasteiger partial charge in [0.15, 0.2) is 0 Å². The molecule has 0 saturated carbocycles. The van der Waals surface area contributed by atoms with Crippen molar-refractivity contribution in [3.8, 4) is 0 Å². The monoisotopic (exact) mass is 557 g/mol. The molecule has 0 spiro atoms. The number of nitrogens with zero attached hydrogens (tertiary/aromatic N) is 3. The van der Waals surface area contributed by atoms with Crippen LogP contribution in [0.4, 0.5) is 4.79 Å². The molecule has 2 fully saturated rings. The second-order valence-corrected chi connectivity index (χ2v) is 11.4. The third kappa shape index (κ3) is 5.75. The number of esters is 1. The van der Waals surface area contributed by atoms with E-state index in [2.05, 4.69) is 18.1 Å². The fourth-order valence-corrected chi connectivity index (χ4v) is 7.21. The summed E-state index contributed by atoms with van der Waals surface area (Å²) in [6.45, 7) is 11.0. The number of rotatable bonds is 11. The standard InChI is InChI=1S/C28H35N3O7S/c1-5-9-37-27(35)24-25(16(3)23-22(17(4)33)26(34)31(23)24)39-21-13-20(30(14-21)28(36)38-10-6-2)12-18-7-8-29-19(11-18)15-32/h5-8,11,16-17,20-23,32-33H,1-2,9-10,12-15H2,3-4H3/t16-,17-,20-,21+,22-,23-/m1/s1. The molecule has 4 heterocycles. The molecular weight excluding hydrogens is 522 g/mol. The van der Waals surface area contributed by atoms with Gasteiger partial charge in [0.25, 0.3) is 0 Å². The second kappa shape index (κ2) is 12.4. The van der Waals surface area contributed by atoms with Gasteiger partial charge in [-0.2, -0.15) is 0 Å². The van der Waals surface area contributed by atoms with Crippen molar-refractivity contribution < 1.29 is 34.1 Å². The van der Waals surface area contributed by atoms with Crippen molar-refractivity contribution in [1.29, 1.82) is 0 Å². The van der Waals surface area contributed by atoms with Crippen LogP contribution in [0.3, 0.4) is 0 Å². The largest absolute Gasteiger partial charge is 0.457 e. The lowest BCUT2D eigenvalue weighted by molar-refractivity contribution is -0.164. The topological polar surface area (TPSA) is 130 Å². The van der Waals surface area contributed by atoms with Crippen molar-refractivity contribution in [3.63, 3.8) is 0 Å². The zero-order valence-electron chi connectivity index (χ0n) is 22.2. The molecule has 0 radical (unpaired) electrons. The van der Waals surface area contributed by atoms with Crippen LogP contribution in [-0.4, -0.2) is 86.2 Å². The summed E-state index contributed by atoms with van der Waals surface area (Å²) >= 11 is 1.48. The van der Waals surface area contributed by atoms with Crippen LogP contribution in [0.5, 0.6) is 0 Å². The summed E-state index contributed by atoms with van der Waals surface area (Å²) in [4.78, 5) is 47.0. The third-order valence-corrected chi connectivity index (χ3v) is 8.87. The van der Waals surface area contributed by atoms with E-state index in [1.807, 2.05) is 19.1 Å². The second-order valence-electron chi connectivity index (χ2n) is 10.0. The molecule has 210 valence electrons. The SMILES string of the molecule is C=CCOC(=O)C1=C(S[C@H]2C[C@@H](Cc3ccnc(CO)c3)N(C(=O)OCC=C)C2)[C@H](C)[C@@H]2[C@@H]([C@@H](C)O)C(=O)N12. The molecule has 1 aromatic rings. The van der Waals surface area contributed by atoms with Crippen molar-refractivity contribution in [2.45, 2.75) is 56.7 Å². The van der Waals surface area contributed by atoms with Crippen LogP contribution in [0, 0.1) is 11.8 Å². The Balaban J connectivity index is 1.60. The quantitative estimate of drug-likeness (QED) is 0.239. The summed E-state index contributed by atoms with van der Waals surface area (Å²) < 4.78 is 10.7. The number of ether oxygens (including phenoxy) is 2. The van der Waals surface area contributed by atoms with Crippen LogP contribution < -0.4 is 0 Å². The number of carbonyl (C=O) groups excluding carboxylic acids is 3. The fraction of sp³-hybridized carbons (Fsp3) is 0.500. The highest BCUT2D eigenvalue weighted by atomic mass is 32.2. The van der Waals surface area contributed by atoms with E-state index >= 15 is 0 Å². The Hall–Kier alpha value is -3.15. The summed E-state index contributed by atoms with van der Waals surface area (Å²) in [6.07, 6.45) is 4.47. The lowest BCUT2D eigenvalue weighted by atomic mass is 9.79. The number of hydrogen-bond acceptors (Lipinski definition) is 9. The molecule has 2 N–H and O–H groups in total. The van der Waals surface area contributed by atoms with Crippen molar-refractivity contribution in [1.82, 2.24) is 14.8 Å². The van der Waals surface area contributed by atoms with Gasteiger partial charge in [-0.05, 0) is 37.5 Å². The van der Waals surface area contributed by atoms with Crippen LogP contribution in [0.25, 0.3) is 0 Å². The number of fused-ring (bicyclic) bond motifs is 1. The van der Waals surface area contributed by atoms with Gasteiger partial charge in [-0.15, -0.1) is 11.8 Å². The lowest BCUT2D eigenvalue weighted by Crippen LogP contribution is -2.63. The molecule has 2 saturated heterocycles. The van der Waals surface area contributed by atoms with Gasteiger partial charge < -0.3 is 29.5 Å². The van der Waals surface area contributed by atoms with E-state index in [-0.39, 0.29) is 54.7 Å². The van der Waals surface area contributed by atoms with E-state index in [9.17, 15) is 24.6 Å². The zero-order chi connectivity index (χ0) is 28.3. The van der Waals surface area contributed by atoms with Crippen LogP contribution in [-0.2, 0) is 32.1 Å². The molecule has 0 bridgehead atoms. The molecule has 2 amide bonds. The van der Waals surface area contributed by atoms with Gasteiger partial charge in [-0.1, -0.05) is 32.2 Å². The minimum absolute atomic E-state index is 0.0113. The van der Waals surface area contributed by atoms with Gasteiger partial charge in [-0.3, -0.25) is 9.78 Å². The molecule has 10 nitrogen and oxygen atoms in total. The Kier molecular flexibility index (Phi) is 9.14. The smallest absolute Gasteiger partial charge is 0.410 e. The van der Waals surface area contributed by atoms with Gasteiger partial charge in [0.2, 0.25) is 5.91 Å². The highest BCUT2D eigenvalue weighted by Crippen LogP contribution is 2.52. The number of carbonyl (C=O) groups is 3.